The second-order valence-electron chi connectivity index (χ2n) is 2.93. The highest BCUT2D eigenvalue weighted by atomic mass is 79.9. The van der Waals surface area contributed by atoms with Crippen molar-refractivity contribution in [2.75, 3.05) is 0 Å². The molecule has 2 aromatic rings. The fraction of sp³-hybridized carbons (Fsp3) is 0.111. The molecule has 0 unspecified atom stereocenters. The van der Waals surface area contributed by atoms with E-state index in [1.54, 1.807) is 22.2 Å². The SMILES string of the molecule is O=C(O)c1ccn(Cc2cc(Br)cs2)n1. The molecule has 0 saturated heterocycles. The first-order chi connectivity index (χ1) is 7.15. The maximum absolute atomic E-state index is 10.6. The average molecular weight is 287 g/mol. The Morgan fingerprint density at radius 1 is 1.67 bits per heavy atom. The third-order valence-electron chi connectivity index (χ3n) is 1.80. The van der Waals surface area contributed by atoms with Crippen LogP contribution < -0.4 is 0 Å². The Bertz CT molecular complexity index is 492. The quantitative estimate of drug-likeness (QED) is 0.943. The molecule has 0 spiro atoms. The Morgan fingerprint density at radius 3 is 3.00 bits per heavy atom. The maximum Gasteiger partial charge on any atom is 0.356 e. The van der Waals surface area contributed by atoms with Gasteiger partial charge in [0.2, 0.25) is 0 Å². The molecule has 0 aliphatic carbocycles. The minimum atomic E-state index is -0.999. The second-order valence-corrected chi connectivity index (χ2v) is 4.85. The van der Waals surface area contributed by atoms with Gasteiger partial charge in [-0.15, -0.1) is 11.3 Å². The van der Waals surface area contributed by atoms with Gasteiger partial charge in [0, 0.05) is 20.9 Å². The predicted molar refractivity (Wildman–Crippen MR) is 60.3 cm³/mol. The molecule has 0 aromatic carbocycles. The first-order valence-electron chi connectivity index (χ1n) is 4.15. The van der Waals surface area contributed by atoms with Crippen molar-refractivity contribution in [1.82, 2.24) is 9.78 Å². The van der Waals surface area contributed by atoms with Crippen LogP contribution in [0.5, 0.6) is 0 Å². The lowest BCUT2D eigenvalue weighted by atomic mass is 10.4. The van der Waals surface area contributed by atoms with E-state index in [0.717, 1.165) is 9.35 Å². The number of aromatic carboxylic acids is 1. The number of halogens is 1. The van der Waals surface area contributed by atoms with Crippen LogP contribution in [0.25, 0.3) is 0 Å². The molecule has 2 heterocycles. The molecule has 2 aromatic heterocycles. The van der Waals surface area contributed by atoms with Crippen molar-refractivity contribution in [1.29, 1.82) is 0 Å². The Kier molecular flexibility index (Phi) is 2.88. The summed E-state index contributed by atoms with van der Waals surface area (Å²) in [5.41, 5.74) is 0.0746. The first-order valence-corrected chi connectivity index (χ1v) is 5.82. The number of thiophene rings is 1. The highest BCUT2D eigenvalue weighted by Crippen LogP contribution is 2.20. The summed E-state index contributed by atoms with van der Waals surface area (Å²) in [6, 6.07) is 3.48. The summed E-state index contributed by atoms with van der Waals surface area (Å²) in [7, 11) is 0. The number of carboxylic acid groups (broad SMARTS) is 1. The Hall–Kier alpha value is -1.14. The van der Waals surface area contributed by atoms with Gasteiger partial charge in [0.05, 0.1) is 6.54 Å². The standard InChI is InChI=1S/C9H7BrN2O2S/c10-6-3-7(15-5-6)4-12-2-1-8(11-12)9(13)14/h1-3,5H,4H2,(H,13,14). The van der Waals surface area contributed by atoms with Crippen LogP contribution in [0.15, 0.2) is 28.2 Å². The van der Waals surface area contributed by atoms with Gasteiger partial charge in [0.25, 0.3) is 0 Å². The van der Waals surface area contributed by atoms with Crippen molar-refractivity contribution < 1.29 is 9.90 Å². The Balaban J connectivity index is 2.14. The topological polar surface area (TPSA) is 55.1 Å². The zero-order valence-corrected chi connectivity index (χ0v) is 9.96. The lowest BCUT2D eigenvalue weighted by Crippen LogP contribution is -2.02. The molecule has 78 valence electrons. The average Bonchev–Trinajstić information content (AvgIpc) is 2.76. The van der Waals surface area contributed by atoms with Gasteiger partial charge >= 0.3 is 5.97 Å². The monoisotopic (exact) mass is 286 g/mol. The van der Waals surface area contributed by atoms with Crippen molar-refractivity contribution in [3.63, 3.8) is 0 Å². The van der Waals surface area contributed by atoms with Crippen molar-refractivity contribution in [2.24, 2.45) is 0 Å². The van der Waals surface area contributed by atoms with E-state index in [0.29, 0.717) is 6.54 Å². The zero-order chi connectivity index (χ0) is 10.8. The summed E-state index contributed by atoms with van der Waals surface area (Å²) in [6.45, 7) is 0.601. The molecule has 6 heteroatoms. The van der Waals surface area contributed by atoms with E-state index in [2.05, 4.69) is 21.0 Å². The summed E-state index contributed by atoms with van der Waals surface area (Å²) < 4.78 is 2.65. The van der Waals surface area contributed by atoms with Crippen molar-refractivity contribution in [2.45, 2.75) is 6.54 Å². The molecule has 0 bridgehead atoms. The fourth-order valence-electron chi connectivity index (χ4n) is 1.16. The normalized spacial score (nSPS) is 10.5. The Labute approximate surface area is 98.3 Å². The van der Waals surface area contributed by atoms with E-state index >= 15 is 0 Å². The molecular formula is C9H7BrN2O2S. The summed E-state index contributed by atoms with van der Waals surface area (Å²) in [6.07, 6.45) is 1.66. The minimum absolute atomic E-state index is 0.0746. The van der Waals surface area contributed by atoms with Gasteiger partial charge in [0.1, 0.15) is 0 Å². The van der Waals surface area contributed by atoms with Gasteiger partial charge in [-0.1, -0.05) is 0 Å². The fourth-order valence-corrected chi connectivity index (χ4v) is 2.60. The first kappa shape index (κ1) is 10.4. The lowest BCUT2D eigenvalue weighted by molar-refractivity contribution is 0.0689. The second kappa shape index (κ2) is 4.16. The molecule has 0 fully saturated rings. The van der Waals surface area contributed by atoms with Crippen LogP contribution in [-0.4, -0.2) is 20.9 Å². The highest BCUT2D eigenvalue weighted by molar-refractivity contribution is 9.10. The number of rotatable bonds is 3. The minimum Gasteiger partial charge on any atom is -0.476 e. The summed E-state index contributed by atoms with van der Waals surface area (Å²) in [5.74, 6) is -0.999. The van der Waals surface area contributed by atoms with Gasteiger partial charge in [-0.3, -0.25) is 4.68 Å². The summed E-state index contributed by atoms with van der Waals surface area (Å²) >= 11 is 4.97. The molecule has 0 radical (unpaired) electrons. The summed E-state index contributed by atoms with van der Waals surface area (Å²) in [4.78, 5) is 11.7. The molecule has 0 amide bonds. The molecule has 0 aliphatic rings. The third kappa shape index (κ3) is 2.45. The van der Waals surface area contributed by atoms with Crippen molar-refractivity contribution in [3.05, 3.63) is 38.8 Å². The van der Waals surface area contributed by atoms with Crippen LogP contribution in [0.2, 0.25) is 0 Å². The van der Waals surface area contributed by atoms with E-state index in [1.807, 2.05) is 11.4 Å². The van der Waals surface area contributed by atoms with Gasteiger partial charge in [0.15, 0.2) is 5.69 Å². The maximum atomic E-state index is 10.6. The zero-order valence-electron chi connectivity index (χ0n) is 7.55. The predicted octanol–water partition coefficient (Wildman–Crippen LogP) is 2.45. The van der Waals surface area contributed by atoms with E-state index in [4.69, 9.17) is 5.11 Å². The molecule has 0 saturated carbocycles. The number of hydrogen-bond donors (Lipinski definition) is 1. The lowest BCUT2D eigenvalue weighted by Gasteiger charge is -1.96. The molecule has 4 nitrogen and oxygen atoms in total. The molecule has 1 N–H and O–H groups in total. The molecule has 0 atom stereocenters. The molecule has 2 rings (SSSR count). The Morgan fingerprint density at radius 2 is 2.47 bits per heavy atom. The van der Waals surface area contributed by atoms with E-state index in [9.17, 15) is 4.79 Å². The third-order valence-corrected chi connectivity index (χ3v) is 3.48. The number of nitrogens with zero attached hydrogens (tertiary/aromatic N) is 2. The number of aromatic nitrogens is 2. The van der Waals surface area contributed by atoms with Gasteiger partial charge < -0.3 is 5.11 Å². The van der Waals surface area contributed by atoms with Crippen LogP contribution >= 0.6 is 27.3 Å². The molecule has 0 aliphatic heterocycles. The number of carboxylic acids is 1. The highest BCUT2D eigenvalue weighted by Gasteiger charge is 2.07. The van der Waals surface area contributed by atoms with E-state index in [-0.39, 0.29) is 5.69 Å². The van der Waals surface area contributed by atoms with Crippen molar-refractivity contribution in [3.8, 4) is 0 Å². The van der Waals surface area contributed by atoms with Crippen LogP contribution in [0.3, 0.4) is 0 Å². The van der Waals surface area contributed by atoms with Crippen LogP contribution in [0, 0.1) is 0 Å². The molecular weight excluding hydrogens is 280 g/mol. The van der Waals surface area contributed by atoms with Crippen molar-refractivity contribution >= 4 is 33.2 Å². The van der Waals surface area contributed by atoms with Crippen LogP contribution in [-0.2, 0) is 6.54 Å². The van der Waals surface area contributed by atoms with E-state index in [1.165, 1.54) is 6.07 Å². The number of carbonyl (C=O) groups is 1. The largest absolute Gasteiger partial charge is 0.476 e. The van der Waals surface area contributed by atoms with Gasteiger partial charge in [-0.25, -0.2) is 4.79 Å². The van der Waals surface area contributed by atoms with Gasteiger partial charge in [-0.05, 0) is 28.1 Å². The molecule has 15 heavy (non-hydrogen) atoms. The van der Waals surface area contributed by atoms with E-state index < -0.39 is 5.97 Å². The summed E-state index contributed by atoms with van der Waals surface area (Å²) in [5, 5.41) is 14.6. The van der Waals surface area contributed by atoms with Gasteiger partial charge in [-0.2, -0.15) is 5.10 Å². The smallest absolute Gasteiger partial charge is 0.356 e. The van der Waals surface area contributed by atoms with Crippen LogP contribution in [0.1, 0.15) is 15.4 Å². The number of hydrogen-bond acceptors (Lipinski definition) is 3. The van der Waals surface area contributed by atoms with Crippen LogP contribution in [0.4, 0.5) is 0 Å².